The highest BCUT2D eigenvalue weighted by Gasteiger charge is 2.31. The molecule has 2 atom stereocenters. The van der Waals surface area contributed by atoms with Gasteiger partial charge in [0.25, 0.3) is 0 Å². The molecule has 3 nitrogen and oxygen atoms in total. The smallest absolute Gasteiger partial charge is 0.0346 e. The quantitative estimate of drug-likeness (QED) is 0.937. The molecule has 0 saturated carbocycles. The van der Waals surface area contributed by atoms with E-state index in [1.165, 1.54) is 55.1 Å². The predicted octanol–water partition coefficient (Wildman–Crippen LogP) is 2.95. The highest BCUT2D eigenvalue weighted by Crippen LogP contribution is 2.27. The van der Waals surface area contributed by atoms with E-state index in [1.54, 1.807) is 0 Å². The lowest BCUT2D eigenvalue weighted by Crippen LogP contribution is -2.45. The van der Waals surface area contributed by atoms with Crippen LogP contribution in [0.4, 0.5) is 0 Å². The summed E-state index contributed by atoms with van der Waals surface area (Å²) in [6, 6.07) is 10.3. The van der Waals surface area contributed by atoms with Crippen molar-refractivity contribution in [3.05, 3.63) is 42.2 Å². The van der Waals surface area contributed by atoms with Gasteiger partial charge < -0.3 is 10.2 Å². The molecule has 2 fully saturated rings. The molecule has 110 valence electrons. The molecule has 2 aromatic rings. The fourth-order valence-corrected chi connectivity index (χ4v) is 3.91. The van der Waals surface area contributed by atoms with Crippen molar-refractivity contribution in [1.82, 2.24) is 15.2 Å². The van der Waals surface area contributed by atoms with Crippen LogP contribution in [0.2, 0.25) is 0 Å². The summed E-state index contributed by atoms with van der Waals surface area (Å²) in [5.41, 5.74) is 1.38. The molecule has 1 aromatic carbocycles. The van der Waals surface area contributed by atoms with Crippen LogP contribution < -0.4 is 5.32 Å². The first-order chi connectivity index (χ1) is 10.4. The molecular formula is C18H23N3. The van der Waals surface area contributed by atoms with Crippen LogP contribution in [0.1, 0.15) is 31.2 Å². The van der Waals surface area contributed by atoms with E-state index in [-0.39, 0.29) is 0 Å². The lowest BCUT2D eigenvalue weighted by molar-refractivity contribution is 0.166. The second-order valence-electron chi connectivity index (χ2n) is 6.49. The van der Waals surface area contributed by atoms with Crippen molar-refractivity contribution in [2.45, 2.75) is 44.3 Å². The molecular weight excluding hydrogens is 258 g/mol. The molecule has 0 aliphatic carbocycles. The second kappa shape index (κ2) is 5.74. The summed E-state index contributed by atoms with van der Waals surface area (Å²) in [6.45, 7) is 3.59. The van der Waals surface area contributed by atoms with Crippen LogP contribution in [0, 0.1) is 0 Å². The Hall–Kier alpha value is -1.45. The third kappa shape index (κ3) is 2.81. The van der Waals surface area contributed by atoms with Gasteiger partial charge in [0.1, 0.15) is 0 Å². The first-order valence-corrected chi connectivity index (χ1v) is 8.18. The lowest BCUT2D eigenvalue weighted by Gasteiger charge is -2.35. The number of benzene rings is 1. The topological polar surface area (TPSA) is 28.2 Å². The maximum absolute atomic E-state index is 4.17. The Labute approximate surface area is 126 Å². The normalized spacial score (nSPS) is 26.1. The van der Waals surface area contributed by atoms with E-state index in [0.29, 0.717) is 6.04 Å². The van der Waals surface area contributed by atoms with Gasteiger partial charge in [-0.05, 0) is 61.9 Å². The number of hydrogen-bond donors (Lipinski definition) is 1. The summed E-state index contributed by atoms with van der Waals surface area (Å²) in [7, 11) is 0. The van der Waals surface area contributed by atoms with Gasteiger partial charge >= 0.3 is 0 Å². The van der Waals surface area contributed by atoms with Gasteiger partial charge in [0.15, 0.2) is 0 Å². The van der Waals surface area contributed by atoms with Crippen molar-refractivity contribution in [2.24, 2.45) is 0 Å². The number of pyridine rings is 1. The van der Waals surface area contributed by atoms with Crippen molar-refractivity contribution in [1.29, 1.82) is 0 Å². The average Bonchev–Trinajstić information content (AvgIpc) is 3.00. The first kappa shape index (κ1) is 13.2. The highest BCUT2D eigenvalue weighted by molar-refractivity contribution is 5.81. The van der Waals surface area contributed by atoms with Gasteiger partial charge in [-0.1, -0.05) is 12.1 Å². The molecule has 2 unspecified atom stereocenters. The van der Waals surface area contributed by atoms with Gasteiger partial charge in [0.05, 0.1) is 0 Å². The lowest BCUT2D eigenvalue weighted by atomic mass is 9.97. The van der Waals surface area contributed by atoms with E-state index in [2.05, 4.69) is 39.5 Å². The first-order valence-electron chi connectivity index (χ1n) is 8.18. The molecule has 3 heteroatoms. The molecule has 0 amide bonds. The molecule has 0 radical (unpaired) electrons. The number of fused-ring (bicyclic) bond motifs is 2. The standard InChI is InChI=1S/C18H23N3/c1-2-18-11-17(6-9-21(18)8-1)20-12-14-3-4-16-13-19-7-5-15(16)10-14/h3-5,7,10,13,17-18,20H,1-2,6,8-9,11-12H2. The molecule has 2 aliphatic heterocycles. The Kier molecular flexibility index (Phi) is 3.62. The average molecular weight is 281 g/mol. The number of nitrogens with one attached hydrogen (secondary N) is 1. The van der Waals surface area contributed by atoms with Gasteiger partial charge in [-0.25, -0.2) is 0 Å². The maximum Gasteiger partial charge on any atom is 0.0346 e. The van der Waals surface area contributed by atoms with Crippen molar-refractivity contribution in [3.8, 4) is 0 Å². The summed E-state index contributed by atoms with van der Waals surface area (Å²) < 4.78 is 0. The highest BCUT2D eigenvalue weighted by atomic mass is 15.2. The third-order valence-corrected chi connectivity index (χ3v) is 5.12. The SMILES string of the molecule is c1cc2cc(CNC3CCN4CCCC4C3)ccc2cn1. The Bertz CT molecular complexity index is 625. The van der Waals surface area contributed by atoms with Crippen LogP contribution in [-0.2, 0) is 6.54 Å². The summed E-state index contributed by atoms with van der Waals surface area (Å²) in [5, 5.41) is 6.28. The molecule has 1 aromatic heterocycles. The Balaban J connectivity index is 1.39. The molecule has 3 heterocycles. The van der Waals surface area contributed by atoms with Gasteiger partial charge in [0, 0.05) is 36.4 Å². The number of nitrogens with zero attached hydrogens (tertiary/aromatic N) is 2. The Morgan fingerprint density at radius 3 is 3.14 bits per heavy atom. The minimum absolute atomic E-state index is 0.692. The molecule has 0 bridgehead atoms. The Morgan fingerprint density at radius 2 is 2.14 bits per heavy atom. The van der Waals surface area contributed by atoms with E-state index in [1.807, 2.05) is 12.4 Å². The minimum atomic E-state index is 0.692. The fourth-order valence-electron chi connectivity index (χ4n) is 3.91. The molecule has 21 heavy (non-hydrogen) atoms. The van der Waals surface area contributed by atoms with Crippen LogP contribution in [0.5, 0.6) is 0 Å². The van der Waals surface area contributed by atoms with Gasteiger partial charge in [0.2, 0.25) is 0 Å². The van der Waals surface area contributed by atoms with Crippen molar-refractivity contribution in [2.75, 3.05) is 13.1 Å². The van der Waals surface area contributed by atoms with Crippen molar-refractivity contribution < 1.29 is 0 Å². The predicted molar refractivity (Wildman–Crippen MR) is 86.2 cm³/mol. The van der Waals surface area contributed by atoms with Crippen LogP contribution in [-0.4, -0.2) is 35.1 Å². The zero-order chi connectivity index (χ0) is 14.1. The van der Waals surface area contributed by atoms with Crippen molar-refractivity contribution >= 4 is 10.8 Å². The van der Waals surface area contributed by atoms with Crippen LogP contribution >= 0.6 is 0 Å². The number of rotatable bonds is 3. The second-order valence-corrected chi connectivity index (χ2v) is 6.49. The maximum atomic E-state index is 4.17. The fraction of sp³-hybridized carbons (Fsp3) is 0.500. The van der Waals surface area contributed by atoms with Gasteiger partial charge in [-0.3, -0.25) is 4.98 Å². The molecule has 2 saturated heterocycles. The summed E-state index contributed by atoms with van der Waals surface area (Å²) >= 11 is 0. The van der Waals surface area contributed by atoms with Crippen LogP contribution in [0.15, 0.2) is 36.7 Å². The largest absolute Gasteiger partial charge is 0.310 e. The molecule has 2 aliphatic rings. The van der Waals surface area contributed by atoms with Crippen LogP contribution in [0.3, 0.4) is 0 Å². The van der Waals surface area contributed by atoms with Crippen molar-refractivity contribution in [3.63, 3.8) is 0 Å². The van der Waals surface area contributed by atoms with Gasteiger partial charge in [-0.15, -0.1) is 0 Å². The molecule has 0 spiro atoms. The van der Waals surface area contributed by atoms with Gasteiger partial charge in [-0.2, -0.15) is 0 Å². The van der Waals surface area contributed by atoms with E-state index in [4.69, 9.17) is 0 Å². The van der Waals surface area contributed by atoms with E-state index >= 15 is 0 Å². The summed E-state index contributed by atoms with van der Waals surface area (Å²) in [6.07, 6.45) is 9.24. The number of piperidine rings is 1. The third-order valence-electron chi connectivity index (χ3n) is 5.12. The van der Waals surface area contributed by atoms with E-state index in [9.17, 15) is 0 Å². The van der Waals surface area contributed by atoms with Crippen LogP contribution in [0.25, 0.3) is 10.8 Å². The zero-order valence-corrected chi connectivity index (χ0v) is 12.5. The number of hydrogen-bond acceptors (Lipinski definition) is 3. The van der Waals surface area contributed by atoms with E-state index < -0.39 is 0 Å². The van der Waals surface area contributed by atoms with E-state index in [0.717, 1.165) is 12.6 Å². The minimum Gasteiger partial charge on any atom is -0.310 e. The summed E-state index contributed by atoms with van der Waals surface area (Å²) in [5.74, 6) is 0. The molecule has 1 N–H and O–H groups in total. The zero-order valence-electron chi connectivity index (χ0n) is 12.5. The summed E-state index contributed by atoms with van der Waals surface area (Å²) in [4.78, 5) is 6.85. The number of aromatic nitrogens is 1. The Morgan fingerprint density at radius 1 is 1.14 bits per heavy atom. The monoisotopic (exact) mass is 281 g/mol. The molecule has 4 rings (SSSR count).